The first-order chi connectivity index (χ1) is 29.5. The molecule has 2 aliphatic rings. The first kappa shape index (κ1) is 46.2. The third kappa shape index (κ3) is 9.98. The second-order valence-corrected chi connectivity index (χ2v) is 18.3. The van der Waals surface area contributed by atoms with Crippen molar-refractivity contribution in [1.29, 1.82) is 0 Å². The summed E-state index contributed by atoms with van der Waals surface area (Å²) < 4.78 is 14.1. The minimum atomic E-state index is -1.23. The number of aromatic hydroxyl groups is 1. The van der Waals surface area contributed by atoms with Crippen molar-refractivity contribution >= 4 is 34.6 Å². The van der Waals surface area contributed by atoms with Crippen LogP contribution >= 0.6 is 0 Å². The van der Waals surface area contributed by atoms with Gasteiger partial charge in [-0.1, -0.05) is 39.8 Å². The minimum absolute atomic E-state index is 0.00607. The number of fused-ring (bicyclic) bond motifs is 6. The highest BCUT2D eigenvalue weighted by molar-refractivity contribution is 5.96. The Hall–Kier alpha value is -5.31. The van der Waals surface area contributed by atoms with Crippen molar-refractivity contribution in [1.82, 2.24) is 30.2 Å². The van der Waals surface area contributed by atoms with Gasteiger partial charge in [0, 0.05) is 74.4 Å². The van der Waals surface area contributed by atoms with Gasteiger partial charge in [0.05, 0.1) is 18.9 Å². The third-order valence-electron chi connectivity index (χ3n) is 12.3. The van der Waals surface area contributed by atoms with Crippen molar-refractivity contribution in [3.8, 4) is 28.1 Å². The summed E-state index contributed by atoms with van der Waals surface area (Å²) in [6.45, 7) is 13.7. The number of pyridine rings is 1. The average molecular weight is 852 g/mol. The van der Waals surface area contributed by atoms with E-state index in [-0.39, 0.29) is 43.6 Å². The van der Waals surface area contributed by atoms with Crippen LogP contribution in [0, 0.1) is 11.3 Å². The molecule has 0 unspecified atom stereocenters. The number of esters is 1. The largest absolute Gasteiger partial charge is 0.508 e. The molecule has 0 radical (unpaired) electrons. The molecule has 6 bridgehead atoms. The number of likely N-dealkylation sites (N-methyl/N-ethyl adjacent to an activating group) is 1. The molecule has 14 nitrogen and oxygen atoms in total. The zero-order valence-electron chi connectivity index (χ0n) is 37.7. The van der Waals surface area contributed by atoms with Gasteiger partial charge in [0.1, 0.15) is 23.4 Å². The Morgan fingerprint density at radius 2 is 1.89 bits per heavy atom. The van der Waals surface area contributed by atoms with Gasteiger partial charge in [0.25, 0.3) is 5.91 Å². The van der Waals surface area contributed by atoms with E-state index in [2.05, 4.69) is 53.2 Å². The van der Waals surface area contributed by atoms with E-state index < -0.39 is 40.8 Å². The third-order valence-corrected chi connectivity index (χ3v) is 12.3. The summed E-state index contributed by atoms with van der Waals surface area (Å²) in [7, 11) is 3.29. The molecular formula is C48H65N7O7. The number of amides is 3. The van der Waals surface area contributed by atoms with Crippen molar-refractivity contribution < 1.29 is 33.8 Å². The van der Waals surface area contributed by atoms with Crippen LogP contribution in [0.15, 0.2) is 54.9 Å². The van der Waals surface area contributed by atoms with Crippen LogP contribution in [-0.2, 0) is 54.6 Å². The molecular weight excluding hydrogens is 787 g/mol. The molecule has 2 aliphatic heterocycles. The van der Waals surface area contributed by atoms with Gasteiger partial charge in [0.15, 0.2) is 0 Å². The number of ether oxygens (including phenoxy) is 2. The van der Waals surface area contributed by atoms with E-state index in [0.29, 0.717) is 57.4 Å². The number of methoxy groups -OCH3 is 1. The van der Waals surface area contributed by atoms with E-state index in [4.69, 9.17) is 15.2 Å². The van der Waals surface area contributed by atoms with Crippen molar-refractivity contribution in [2.75, 3.05) is 33.9 Å². The van der Waals surface area contributed by atoms with Crippen LogP contribution < -0.4 is 16.5 Å². The molecule has 62 heavy (non-hydrogen) atoms. The topological polar surface area (TPSA) is 181 Å². The zero-order valence-corrected chi connectivity index (χ0v) is 37.7. The molecule has 1 saturated heterocycles. The van der Waals surface area contributed by atoms with E-state index in [9.17, 15) is 24.3 Å². The fourth-order valence-corrected chi connectivity index (χ4v) is 9.12. The molecule has 6 rings (SSSR count). The lowest BCUT2D eigenvalue weighted by Crippen LogP contribution is -2.66. The SMILES string of the molecule is CCn1c(-c2cnccc2COC)c2c3cc(ccc31)-c1cc(O)cc(c1)C[C@H](NC(=O)[C@H](C(C)C)N(C)C(=O)CCCCN)C(=O)N1CCC[C@@](C)(N1)C(=O)OCC(C)(C)C2. The van der Waals surface area contributed by atoms with Crippen molar-refractivity contribution in [3.05, 3.63) is 71.5 Å². The number of aryl methyl sites for hydroxylation is 1. The first-order valence-electron chi connectivity index (χ1n) is 21.9. The van der Waals surface area contributed by atoms with Crippen LogP contribution in [0.1, 0.15) is 90.3 Å². The number of nitrogens with zero attached hydrogens (tertiary/aromatic N) is 4. The van der Waals surface area contributed by atoms with Gasteiger partial charge < -0.3 is 35.1 Å². The smallest absolute Gasteiger partial charge is 0.327 e. The predicted molar refractivity (Wildman–Crippen MR) is 240 cm³/mol. The number of unbranched alkanes of at least 4 members (excludes halogenated alkanes) is 1. The standard InChI is InChI=1S/C48H65N7O7/c1-9-54-40-15-14-32-25-36(40)37(43(54)38-27-50-19-16-33(38)28-61-8)26-47(4,5)29-62-46(60)48(6)17-12-20-55(52-48)45(59)39(23-31-21-34(32)24-35(56)22-31)51-44(58)42(30(2)3)53(7)41(57)13-10-11-18-49/h14-16,19,21-22,24-25,27,30,39,42,52,56H,9-13,17-18,20,23,26,28-29,49H2,1-8H3,(H,51,58)/t39-,42-,48+/m0/s1. The van der Waals surface area contributed by atoms with Gasteiger partial charge in [-0.3, -0.25) is 24.4 Å². The molecule has 0 saturated carbocycles. The average Bonchev–Trinajstić information content (AvgIpc) is 3.53. The summed E-state index contributed by atoms with van der Waals surface area (Å²) in [5.74, 6) is -1.87. The molecule has 5 N–H and O–H groups in total. The summed E-state index contributed by atoms with van der Waals surface area (Å²) in [5, 5.41) is 16.7. The fourth-order valence-electron chi connectivity index (χ4n) is 9.12. The summed E-state index contributed by atoms with van der Waals surface area (Å²) in [6.07, 6.45) is 6.70. The van der Waals surface area contributed by atoms with Gasteiger partial charge in [-0.15, -0.1) is 0 Å². The van der Waals surface area contributed by atoms with Crippen molar-refractivity contribution in [3.63, 3.8) is 0 Å². The monoisotopic (exact) mass is 851 g/mol. The van der Waals surface area contributed by atoms with Gasteiger partial charge in [0.2, 0.25) is 11.8 Å². The Kier molecular flexibility index (Phi) is 14.4. The Bertz CT molecular complexity index is 2290. The number of hydrogen-bond acceptors (Lipinski definition) is 10. The number of hydrazine groups is 1. The van der Waals surface area contributed by atoms with Crippen molar-refractivity contribution in [2.45, 2.75) is 117 Å². The molecule has 0 spiro atoms. The molecule has 3 amide bonds. The molecule has 2 aromatic heterocycles. The fraction of sp³-hybridized carbons (Fsp3) is 0.521. The number of benzene rings is 2. The summed E-state index contributed by atoms with van der Waals surface area (Å²) in [6, 6.07) is 11.5. The number of phenols is 1. The van der Waals surface area contributed by atoms with Gasteiger partial charge in [-0.2, -0.15) is 0 Å². The van der Waals surface area contributed by atoms with E-state index in [1.54, 1.807) is 39.4 Å². The number of carbonyl (C=O) groups excluding carboxylic acids is 4. The molecule has 4 aromatic rings. The summed E-state index contributed by atoms with van der Waals surface area (Å²) in [4.78, 5) is 62.4. The number of nitrogens with two attached hydrogens (primary N) is 1. The number of phenolic OH excluding ortho intramolecular Hbond substituents is 1. The van der Waals surface area contributed by atoms with Crippen molar-refractivity contribution in [2.24, 2.45) is 17.1 Å². The number of nitrogens with one attached hydrogen (secondary N) is 2. The lowest BCUT2D eigenvalue weighted by atomic mass is 9.84. The van der Waals surface area contributed by atoms with Crippen LogP contribution in [0.3, 0.4) is 0 Å². The lowest BCUT2D eigenvalue weighted by Gasteiger charge is -2.41. The maximum Gasteiger partial charge on any atom is 0.327 e. The molecule has 0 aliphatic carbocycles. The second-order valence-electron chi connectivity index (χ2n) is 18.3. The highest BCUT2D eigenvalue weighted by Gasteiger charge is 2.43. The highest BCUT2D eigenvalue weighted by Crippen LogP contribution is 2.41. The van der Waals surface area contributed by atoms with E-state index in [0.717, 1.165) is 44.4 Å². The minimum Gasteiger partial charge on any atom is -0.508 e. The normalized spacial score (nSPS) is 19.8. The Morgan fingerprint density at radius 1 is 1.11 bits per heavy atom. The molecule has 4 heterocycles. The lowest BCUT2D eigenvalue weighted by molar-refractivity contribution is -0.162. The highest BCUT2D eigenvalue weighted by atomic mass is 16.5. The van der Waals surface area contributed by atoms with Crippen LogP contribution in [0.5, 0.6) is 5.75 Å². The molecule has 2 aromatic carbocycles. The molecule has 14 heteroatoms. The Morgan fingerprint density at radius 3 is 2.60 bits per heavy atom. The number of cyclic esters (lactones) is 1. The van der Waals surface area contributed by atoms with E-state index >= 15 is 0 Å². The number of carbonyl (C=O) groups is 4. The maximum absolute atomic E-state index is 14.7. The van der Waals surface area contributed by atoms with Gasteiger partial charge in [-0.25, -0.2) is 10.2 Å². The second kappa shape index (κ2) is 19.4. The van der Waals surface area contributed by atoms with E-state index in [1.807, 2.05) is 38.2 Å². The summed E-state index contributed by atoms with van der Waals surface area (Å²) in [5.41, 5.74) is 14.3. The van der Waals surface area contributed by atoms with Gasteiger partial charge in [-0.05, 0) is 117 Å². The predicted octanol–water partition coefficient (Wildman–Crippen LogP) is 5.89. The quantitative estimate of drug-likeness (QED) is 0.0992. The first-order valence-corrected chi connectivity index (χ1v) is 21.9. The maximum atomic E-state index is 14.7. The number of aromatic nitrogens is 2. The Balaban J connectivity index is 1.49. The van der Waals surface area contributed by atoms with Crippen LogP contribution in [0.4, 0.5) is 0 Å². The molecule has 334 valence electrons. The van der Waals surface area contributed by atoms with Crippen LogP contribution in [-0.4, -0.2) is 99.7 Å². The zero-order chi connectivity index (χ0) is 44.9. The van der Waals surface area contributed by atoms with Crippen LogP contribution in [0.2, 0.25) is 0 Å². The Labute approximate surface area is 365 Å². The van der Waals surface area contributed by atoms with Gasteiger partial charge >= 0.3 is 5.97 Å². The number of hydrogen-bond donors (Lipinski definition) is 4. The van der Waals surface area contributed by atoms with Crippen LogP contribution in [0.25, 0.3) is 33.3 Å². The van der Waals surface area contributed by atoms with E-state index in [1.165, 1.54) is 9.91 Å². The summed E-state index contributed by atoms with van der Waals surface area (Å²) >= 11 is 0. The molecule has 3 atom stereocenters. The number of rotatable bonds is 12. The molecule has 1 fully saturated rings.